The minimum atomic E-state index is 1.09. The lowest BCUT2D eigenvalue weighted by Gasteiger charge is -1.90. The number of rotatable bonds is 2. The quantitative estimate of drug-likeness (QED) is 0.641. The molecule has 0 aromatic heterocycles. The second kappa shape index (κ2) is 4.66. The van der Waals surface area contributed by atoms with Gasteiger partial charge in [-0.15, -0.1) is 0 Å². The molecule has 0 amide bonds. The van der Waals surface area contributed by atoms with Crippen LogP contribution in [0.1, 0.15) is 20.3 Å². The first-order valence-corrected chi connectivity index (χ1v) is 4.65. The topological polar surface area (TPSA) is 0 Å². The third kappa shape index (κ3) is 2.90. The Balaban J connectivity index is 3.09. The molecular weight excluding hydrogens is 156 g/mol. The molecule has 13 heavy (non-hydrogen) atoms. The molecule has 1 rings (SSSR count). The highest BCUT2D eigenvalue weighted by molar-refractivity contribution is 5.39. The van der Waals surface area contributed by atoms with Crippen molar-refractivity contribution in [3.05, 3.63) is 46.4 Å². The van der Waals surface area contributed by atoms with Crippen LogP contribution in [-0.2, 0) is 0 Å². The maximum absolute atomic E-state index is 3.96. The average molecular weight is 172 g/mol. The van der Waals surface area contributed by atoms with Crippen molar-refractivity contribution in [1.29, 1.82) is 0 Å². The van der Waals surface area contributed by atoms with Crippen molar-refractivity contribution in [1.82, 2.24) is 0 Å². The van der Waals surface area contributed by atoms with Gasteiger partial charge in [-0.3, -0.25) is 0 Å². The van der Waals surface area contributed by atoms with Crippen molar-refractivity contribution in [3.63, 3.8) is 0 Å². The van der Waals surface area contributed by atoms with Crippen LogP contribution in [0.5, 0.6) is 0 Å². The van der Waals surface area contributed by atoms with Gasteiger partial charge in [0.1, 0.15) is 0 Å². The summed E-state index contributed by atoms with van der Waals surface area (Å²) in [5.41, 5.74) is 1.39. The van der Waals surface area contributed by atoms with E-state index in [4.69, 9.17) is 0 Å². The Morgan fingerprint density at radius 3 is 2.69 bits per heavy atom. The molecule has 0 atom stereocenters. The zero-order valence-electron chi connectivity index (χ0n) is 8.38. The van der Waals surface area contributed by atoms with E-state index in [0.29, 0.717) is 0 Å². The number of hydrogen-bond donors (Lipinski definition) is 0. The van der Waals surface area contributed by atoms with Crippen LogP contribution < -0.4 is 10.4 Å². The third-order valence-electron chi connectivity index (χ3n) is 2.16. The van der Waals surface area contributed by atoms with E-state index < -0.39 is 0 Å². The van der Waals surface area contributed by atoms with Gasteiger partial charge in [-0.2, -0.15) is 0 Å². The maximum atomic E-state index is 3.96. The predicted molar refractivity (Wildman–Crippen MR) is 59.7 cm³/mol. The molecule has 0 heterocycles. The summed E-state index contributed by atoms with van der Waals surface area (Å²) in [4.78, 5) is 0. The minimum absolute atomic E-state index is 1.09. The first-order chi connectivity index (χ1) is 6.24. The zero-order chi connectivity index (χ0) is 9.68. The van der Waals surface area contributed by atoms with Gasteiger partial charge in [-0.25, -0.2) is 0 Å². The second-order valence-corrected chi connectivity index (χ2v) is 3.23. The van der Waals surface area contributed by atoms with E-state index in [2.05, 4.69) is 38.6 Å². The van der Waals surface area contributed by atoms with Crippen LogP contribution in [0, 0.1) is 0 Å². The molecule has 0 aliphatic carbocycles. The predicted octanol–water partition coefficient (Wildman–Crippen LogP) is 2.23. The molecule has 0 saturated heterocycles. The van der Waals surface area contributed by atoms with Gasteiger partial charge >= 0.3 is 0 Å². The Bertz CT molecular complexity index is 396. The number of hydrogen-bond acceptors (Lipinski definition) is 0. The lowest BCUT2D eigenvalue weighted by Crippen LogP contribution is -2.21. The first-order valence-electron chi connectivity index (χ1n) is 4.65. The molecule has 0 heteroatoms. The molecule has 0 spiro atoms. The molecule has 0 aliphatic rings. The van der Waals surface area contributed by atoms with Gasteiger partial charge in [0.05, 0.1) is 0 Å². The highest BCUT2D eigenvalue weighted by Crippen LogP contribution is 1.96. The Hall–Kier alpha value is -1.30. The molecule has 0 aliphatic heterocycles. The Labute approximate surface area is 79.9 Å². The van der Waals surface area contributed by atoms with E-state index in [-0.39, 0.29) is 0 Å². The molecule has 0 nitrogen and oxygen atoms in total. The van der Waals surface area contributed by atoms with Crippen molar-refractivity contribution in [2.75, 3.05) is 0 Å². The van der Waals surface area contributed by atoms with Crippen LogP contribution in [0.25, 0.3) is 12.7 Å². The fraction of sp³-hybridized carbons (Fsp3) is 0.231. The summed E-state index contributed by atoms with van der Waals surface area (Å²) < 4.78 is 0. The molecule has 0 N–H and O–H groups in total. The zero-order valence-corrected chi connectivity index (χ0v) is 8.38. The van der Waals surface area contributed by atoms with Crippen LogP contribution in [0.15, 0.2) is 35.9 Å². The van der Waals surface area contributed by atoms with E-state index in [9.17, 15) is 0 Å². The lowest BCUT2D eigenvalue weighted by atomic mass is 10.2. The largest absolute Gasteiger partial charge is 0.0912 e. The Morgan fingerprint density at radius 2 is 2.08 bits per heavy atom. The van der Waals surface area contributed by atoms with Crippen molar-refractivity contribution < 1.29 is 0 Å². The summed E-state index contributed by atoms with van der Waals surface area (Å²) in [6.07, 6.45) is 5.39. The highest BCUT2D eigenvalue weighted by atomic mass is 13.9. The van der Waals surface area contributed by atoms with Gasteiger partial charge in [0.15, 0.2) is 0 Å². The van der Waals surface area contributed by atoms with Gasteiger partial charge in [-0.1, -0.05) is 55.5 Å². The maximum Gasteiger partial charge on any atom is -0.0190 e. The first kappa shape index (κ1) is 9.79. The van der Waals surface area contributed by atoms with Crippen LogP contribution in [0.4, 0.5) is 0 Å². The molecule has 0 fully saturated rings. The minimum Gasteiger partial charge on any atom is -0.0912 e. The fourth-order valence-electron chi connectivity index (χ4n) is 1.05. The summed E-state index contributed by atoms with van der Waals surface area (Å²) in [6, 6.07) is 8.16. The summed E-state index contributed by atoms with van der Waals surface area (Å²) in [6.45, 7) is 8.27. The SMILES string of the molecule is C=c1cccc/c1=C/C=C(\C)CC. The molecule has 0 bridgehead atoms. The third-order valence-corrected chi connectivity index (χ3v) is 2.16. The lowest BCUT2D eigenvalue weighted by molar-refractivity contribution is 1.10. The number of allylic oxidation sites excluding steroid dienone is 2. The summed E-state index contributed by atoms with van der Waals surface area (Å²) in [7, 11) is 0. The normalized spacial score (nSPS) is 13.4. The standard InChI is InChI=1S/C13H16/c1-4-11(2)9-10-13-8-6-5-7-12(13)3/h5-10H,3-4H2,1-2H3/b11-9+,13-10-. The molecule has 0 radical (unpaired) electrons. The van der Waals surface area contributed by atoms with Gasteiger partial charge in [-0.05, 0) is 23.8 Å². The van der Waals surface area contributed by atoms with Crippen LogP contribution in [-0.4, -0.2) is 0 Å². The number of benzene rings is 1. The van der Waals surface area contributed by atoms with Crippen molar-refractivity contribution in [2.45, 2.75) is 20.3 Å². The Morgan fingerprint density at radius 1 is 1.38 bits per heavy atom. The van der Waals surface area contributed by atoms with Gasteiger partial charge in [0, 0.05) is 0 Å². The van der Waals surface area contributed by atoms with E-state index >= 15 is 0 Å². The van der Waals surface area contributed by atoms with Crippen molar-refractivity contribution in [2.24, 2.45) is 0 Å². The molecule has 0 saturated carbocycles. The summed E-state index contributed by atoms with van der Waals surface area (Å²) in [5, 5.41) is 2.29. The van der Waals surface area contributed by atoms with E-state index in [1.165, 1.54) is 10.8 Å². The van der Waals surface area contributed by atoms with Crippen molar-refractivity contribution in [3.8, 4) is 0 Å². The monoisotopic (exact) mass is 172 g/mol. The van der Waals surface area contributed by atoms with Crippen LogP contribution in [0.2, 0.25) is 0 Å². The van der Waals surface area contributed by atoms with Gasteiger partial charge in [0.25, 0.3) is 0 Å². The van der Waals surface area contributed by atoms with E-state index in [1.807, 2.05) is 18.2 Å². The molecule has 0 unspecified atom stereocenters. The highest BCUT2D eigenvalue weighted by Gasteiger charge is 1.81. The molecule has 68 valence electrons. The van der Waals surface area contributed by atoms with Crippen LogP contribution in [0.3, 0.4) is 0 Å². The average Bonchev–Trinajstić information content (AvgIpc) is 2.16. The van der Waals surface area contributed by atoms with Gasteiger partial charge < -0.3 is 0 Å². The van der Waals surface area contributed by atoms with Crippen molar-refractivity contribution >= 4 is 12.7 Å². The fourth-order valence-corrected chi connectivity index (χ4v) is 1.05. The summed E-state index contributed by atoms with van der Waals surface area (Å²) in [5.74, 6) is 0. The summed E-state index contributed by atoms with van der Waals surface area (Å²) >= 11 is 0. The molecule has 1 aromatic carbocycles. The molecular formula is C13H16. The van der Waals surface area contributed by atoms with Gasteiger partial charge in [0.2, 0.25) is 0 Å². The van der Waals surface area contributed by atoms with E-state index in [0.717, 1.165) is 11.6 Å². The smallest absolute Gasteiger partial charge is 0.0190 e. The van der Waals surface area contributed by atoms with E-state index in [1.54, 1.807) is 0 Å². The molecule has 1 aromatic rings. The Kier molecular flexibility index (Phi) is 3.51. The second-order valence-electron chi connectivity index (χ2n) is 3.23. The van der Waals surface area contributed by atoms with Crippen LogP contribution >= 0.6 is 0 Å².